The Hall–Kier alpha value is -3.07. The van der Waals surface area contributed by atoms with E-state index >= 15 is 0 Å². The molecule has 2 rings (SSSR count). The van der Waals surface area contributed by atoms with Gasteiger partial charge in [-0.1, -0.05) is 50.6 Å². The number of carbonyl (C=O) groups is 4. The van der Waals surface area contributed by atoms with Gasteiger partial charge in [-0.15, -0.1) is 0 Å². The molecule has 5 amide bonds. The molecule has 1 aromatic rings. The van der Waals surface area contributed by atoms with Crippen LogP contribution in [0.25, 0.3) is 0 Å². The van der Waals surface area contributed by atoms with Crippen LogP contribution >= 0.6 is 0 Å². The first kappa shape index (κ1) is 29.0. The minimum Gasteiger partial charge on any atom is -0.442 e. The number of nitrogens with one attached hydrogen (secondary N) is 1. The predicted molar refractivity (Wildman–Crippen MR) is 118 cm³/mol. The number of rotatable bonds is 10. The van der Waals surface area contributed by atoms with Crippen LogP contribution in [-0.2, 0) is 34.9 Å². The number of nitrogens with zero attached hydrogens (tertiary/aromatic N) is 1. The highest BCUT2D eigenvalue weighted by Crippen LogP contribution is 2.33. The van der Waals surface area contributed by atoms with E-state index in [2.05, 4.69) is 5.32 Å². The second kappa shape index (κ2) is 13.0. The molecule has 1 aliphatic heterocycles. The van der Waals surface area contributed by atoms with Crippen molar-refractivity contribution >= 4 is 34.3 Å². The van der Waals surface area contributed by atoms with Crippen LogP contribution in [0, 0.1) is 0 Å². The van der Waals surface area contributed by atoms with Gasteiger partial charge in [-0.3, -0.25) is 28.9 Å². The molecule has 0 aromatic heterocycles. The van der Waals surface area contributed by atoms with Crippen molar-refractivity contribution < 1.29 is 46.2 Å². The van der Waals surface area contributed by atoms with Crippen LogP contribution in [0.3, 0.4) is 0 Å². The van der Waals surface area contributed by atoms with E-state index in [0.717, 1.165) is 17.7 Å². The highest BCUT2D eigenvalue weighted by molar-refractivity contribution is 7.79. The van der Waals surface area contributed by atoms with Crippen molar-refractivity contribution in [3.05, 3.63) is 35.9 Å². The summed E-state index contributed by atoms with van der Waals surface area (Å²) in [5.41, 5.74) is 4.05. The fourth-order valence-electron chi connectivity index (χ4n) is 3.30. The van der Waals surface area contributed by atoms with Crippen molar-refractivity contribution in [3.63, 3.8) is 0 Å². The van der Waals surface area contributed by atoms with Gasteiger partial charge in [0.1, 0.15) is 6.10 Å². The molecule has 14 heteroatoms. The first-order valence-electron chi connectivity index (χ1n) is 10.3. The summed E-state index contributed by atoms with van der Waals surface area (Å²) in [4.78, 5) is 50.6. The van der Waals surface area contributed by atoms with Gasteiger partial charge in [0.05, 0.1) is 13.2 Å². The van der Waals surface area contributed by atoms with Gasteiger partial charge in [0.25, 0.3) is 5.91 Å². The van der Waals surface area contributed by atoms with Crippen LogP contribution in [0.2, 0.25) is 0 Å². The van der Waals surface area contributed by atoms with E-state index in [-0.39, 0.29) is 19.6 Å². The molecule has 1 fully saturated rings. The summed E-state index contributed by atoms with van der Waals surface area (Å²) in [7, 11) is -4.67. The number of barbiturate groups is 1. The number of urea groups is 1. The van der Waals surface area contributed by atoms with Crippen LogP contribution in [0.1, 0.15) is 38.7 Å². The molecule has 5 N–H and O–H groups in total. The van der Waals surface area contributed by atoms with Gasteiger partial charge in [-0.25, -0.2) is 9.59 Å². The van der Waals surface area contributed by atoms with E-state index in [4.69, 9.17) is 32.7 Å². The van der Waals surface area contributed by atoms with Gasteiger partial charge < -0.3 is 15.2 Å². The van der Waals surface area contributed by atoms with E-state index < -0.39 is 45.9 Å². The monoisotopic (exact) mass is 503 g/mol. The smallest absolute Gasteiger partial charge is 0.404 e. The molecule has 0 aliphatic carbocycles. The molecule has 2 unspecified atom stereocenters. The van der Waals surface area contributed by atoms with Gasteiger partial charge >= 0.3 is 22.5 Å². The van der Waals surface area contributed by atoms with E-state index in [1.165, 1.54) is 0 Å². The summed E-state index contributed by atoms with van der Waals surface area (Å²) in [6.07, 6.45) is -0.0994. The van der Waals surface area contributed by atoms with E-state index in [9.17, 15) is 19.2 Å². The Morgan fingerprint density at radius 3 is 2.26 bits per heavy atom. The maximum atomic E-state index is 13.3. The summed E-state index contributed by atoms with van der Waals surface area (Å²) in [6.45, 7) is 3.84. The second-order valence-electron chi connectivity index (χ2n) is 7.24. The van der Waals surface area contributed by atoms with Crippen LogP contribution in [0.5, 0.6) is 0 Å². The molecule has 1 saturated heterocycles. The third kappa shape index (κ3) is 8.37. The molecule has 0 saturated carbocycles. The number of nitrogens with two attached hydrogens (primary N) is 1. The molecule has 13 nitrogen and oxygen atoms in total. The Morgan fingerprint density at radius 1 is 1.18 bits per heavy atom. The van der Waals surface area contributed by atoms with E-state index in [0.29, 0.717) is 12.2 Å². The maximum absolute atomic E-state index is 13.3. The molecule has 0 bridgehead atoms. The summed E-state index contributed by atoms with van der Waals surface area (Å²) < 4.78 is 42.1. The molecular formula is C20H29N3O10S. The topological polar surface area (TPSA) is 203 Å². The van der Waals surface area contributed by atoms with Crippen LogP contribution in [0.15, 0.2) is 30.3 Å². The minimum atomic E-state index is -4.67. The number of unbranched alkanes of at least 4 members (excludes halogenated alkanes) is 1. The molecule has 190 valence electrons. The van der Waals surface area contributed by atoms with Gasteiger partial charge in [0.15, 0.2) is 5.41 Å². The van der Waals surface area contributed by atoms with Gasteiger partial charge in [0.2, 0.25) is 5.91 Å². The Labute approximate surface area is 197 Å². The van der Waals surface area contributed by atoms with Gasteiger partial charge in [-0.2, -0.15) is 8.42 Å². The maximum Gasteiger partial charge on any atom is 0.404 e. The summed E-state index contributed by atoms with van der Waals surface area (Å²) >= 11 is 0. The average Bonchev–Trinajstić information content (AvgIpc) is 2.74. The lowest BCUT2D eigenvalue weighted by molar-refractivity contribution is -0.146. The van der Waals surface area contributed by atoms with Crippen LogP contribution < -0.4 is 11.1 Å². The zero-order valence-corrected chi connectivity index (χ0v) is 19.6. The van der Waals surface area contributed by atoms with Crippen molar-refractivity contribution in [2.45, 2.75) is 44.6 Å². The molecule has 1 heterocycles. The zero-order chi connectivity index (χ0) is 25.9. The first-order valence-corrected chi connectivity index (χ1v) is 11.7. The number of primary amides is 1. The molecule has 34 heavy (non-hydrogen) atoms. The number of amides is 5. The van der Waals surface area contributed by atoms with Crippen molar-refractivity contribution in [1.29, 1.82) is 0 Å². The van der Waals surface area contributed by atoms with Crippen LogP contribution in [-0.4, -0.2) is 72.2 Å². The fourth-order valence-corrected chi connectivity index (χ4v) is 3.30. The van der Waals surface area contributed by atoms with E-state index in [1.54, 1.807) is 37.3 Å². The standard InChI is InChI=1S/C20H27N3O6.H2O4S/c1-3-5-11-28-13-15(29-18(21)26)12-23-17(25)20(4-2,16(24)22-19(23)27)14-9-7-6-8-10-14;1-5(2,3)4/h6-10,15H,3-5,11-13H2,1-2H3,(H2,21,26)(H,22,24,27);(H2,1,2,3,4). The Kier molecular flexibility index (Phi) is 11.1. The lowest BCUT2D eigenvalue weighted by Crippen LogP contribution is -2.67. The lowest BCUT2D eigenvalue weighted by Gasteiger charge is -2.39. The summed E-state index contributed by atoms with van der Waals surface area (Å²) in [6, 6.07) is 7.67. The third-order valence-corrected chi connectivity index (χ3v) is 4.88. The highest BCUT2D eigenvalue weighted by Gasteiger charge is 2.54. The largest absolute Gasteiger partial charge is 0.442 e. The normalized spacial score (nSPS) is 19.1. The van der Waals surface area contributed by atoms with Gasteiger partial charge in [0, 0.05) is 6.61 Å². The number of imide groups is 2. The quantitative estimate of drug-likeness (QED) is 0.203. The molecule has 1 aromatic carbocycles. The Bertz CT molecular complexity index is 962. The second-order valence-corrected chi connectivity index (χ2v) is 8.13. The Morgan fingerprint density at radius 2 is 1.76 bits per heavy atom. The average molecular weight is 504 g/mol. The van der Waals surface area contributed by atoms with Gasteiger partial charge in [-0.05, 0) is 18.4 Å². The molecule has 1 aliphatic rings. The molecule has 0 spiro atoms. The number of benzene rings is 1. The first-order chi connectivity index (χ1) is 15.9. The lowest BCUT2D eigenvalue weighted by atomic mass is 9.74. The third-order valence-electron chi connectivity index (χ3n) is 4.88. The Balaban J connectivity index is 0.00000104. The molecule has 2 atom stereocenters. The minimum absolute atomic E-state index is 0.0294. The number of hydrogen-bond donors (Lipinski definition) is 4. The predicted octanol–water partition coefficient (Wildman–Crippen LogP) is 1.04. The molecule has 0 radical (unpaired) electrons. The van der Waals surface area contributed by atoms with Crippen molar-refractivity contribution in [1.82, 2.24) is 10.2 Å². The molecular weight excluding hydrogens is 474 g/mol. The van der Waals surface area contributed by atoms with Crippen molar-refractivity contribution in [2.75, 3.05) is 19.8 Å². The van der Waals surface area contributed by atoms with Crippen molar-refractivity contribution in [3.8, 4) is 0 Å². The number of ether oxygens (including phenoxy) is 2. The van der Waals surface area contributed by atoms with Crippen molar-refractivity contribution in [2.24, 2.45) is 5.73 Å². The highest BCUT2D eigenvalue weighted by atomic mass is 32.3. The zero-order valence-electron chi connectivity index (χ0n) is 18.8. The van der Waals surface area contributed by atoms with Crippen LogP contribution in [0.4, 0.5) is 9.59 Å². The number of hydrogen-bond acceptors (Lipinski definition) is 8. The SMILES string of the molecule is CCCCOCC(CN1C(=O)NC(=O)C(CC)(c2ccccc2)C1=O)OC(N)=O.O=S(=O)(O)O. The number of carbonyl (C=O) groups excluding carboxylic acids is 4. The summed E-state index contributed by atoms with van der Waals surface area (Å²) in [5.74, 6) is -1.35. The summed E-state index contributed by atoms with van der Waals surface area (Å²) in [5, 5.41) is 2.25. The fraction of sp³-hybridized carbons (Fsp3) is 0.500. The van der Waals surface area contributed by atoms with E-state index in [1.807, 2.05) is 6.92 Å².